The van der Waals surface area contributed by atoms with Crippen molar-refractivity contribution in [3.63, 3.8) is 0 Å². The van der Waals surface area contributed by atoms with Crippen LogP contribution in [-0.2, 0) is 4.79 Å². The zero-order chi connectivity index (χ0) is 18.8. The molecular formula is C20H24FN3O2. The minimum Gasteiger partial charge on any atom is -0.341 e. The van der Waals surface area contributed by atoms with E-state index in [1.807, 2.05) is 19.9 Å². The zero-order valence-electron chi connectivity index (χ0n) is 15.5. The lowest BCUT2D eigenvalue weighted by Crippen LogP contribution is -2.36. The first-order chi connectivity index (χ1) is 12.4. The summed E-state index contributed by atoms with van der Waals surface area (Å²) in [5.74, 6) is -0.344. The van der Waals surface area contributed by atoms with Crippen molar-refractivity contribution in [1.82, 2.24) is 14.4 Å². The van der Waals surface area contributed by atoms with Gasteiger partial charge in [0.15, 0.2) is 0 Å². The third-order valence-electron chi connectivity index (χ3n) is 4.98. The smallest absolute Gasteiger partial charge is 0.255 e. The minimum atomic E-state index is -0.319. The summed E-state index contributed by atoms with van der Waals surface area (Å²) >= 11 is 0. The van der Waals surface area contributed by atoms with Crippen LogP contribution in [0.3, 0.4) is 0 Å². The van der Waals surface area contributed by atoms with E-state index >= 15 is 0 Å². The molecule has 1 aromatic carbocycles. The number of carbonyl (C=O) groups excluding carboxylic acids is 2. The standard InChI is InChI=1S/C20H24FN3O2/c1-14-13-17(15(2)24(14)19-8-5-4-7-18(19)21)20(26)23-10-6-9-22(11-12-23)16(3)25/h4-5,7-8,13H,6,9-12H2,1-3H3. The number of rotatable bonds is 2. The first kappa shape index (κ1) is 18.2. The Balaban J connectivity index is 1.88. The van der Waals surface area contributed by atoms with Crippen molar-refractivity contribution in [2.75, 3.05) is 26.2 Å². The van der Waals surface area contributed by atoms with Crippen molar-refractivity contribution in [2.24, 2.45) is 0 Å². The van der Waals surface area contributed by atoms with E-state index in [1.54, 1.807) is 39.5 Å². The van der Waals surface area contributed by atoms with Crippen LogP contribution in [0, 0.1) is 19.7 Å². The van der Waals surface area contributed by atoms with Crippen molar-refractivity contribution in [2.45, 2.75) is 27.2 Å². The summed E-state index contributed by atoms with van der Waals surface area (Å²) in [6, 6.07) is 8.37. The second-order valence-corrected chi connectivity index (χ2v) is 6.72. The summed E-state index contributed by atoms with van der Waals surface area (Å²) in [5.41, 5.74) is 2.57. The van der Waals surface area contributed by atoms with E-state index in [4.69, 9.17) is 0 Å². The molecule has 138 valence electrons. The van der Waals surface area contributed by atoms with Gasteiger partial charge in [-0.15, -0.1) is 0 Å². The monoisotopic (exact) mass is 357 g/mol. The molecule has 1 aliphatic heterocycles. The maximum absolute atomic E-state index is 14.2. The number of hydrogen-bond donors (Lipinski definition) is 0. The largest absolute Gasteiger partial charge is 0.341 e. The second kappa shape index (κ2) is 7.32. The third kappa shape index (κ3) is 3.36. The van der Waals surface area contributed by atoms with Crippen LogP contribution in [0.2, 0.25) is 0 Å². The van der Waals surface area contributed by atoms with Crippen molar-refractivity contribution >= 4 is 11.8 Å². The third-order valence-corrected chi connectivity index (χ3v) is 4.98. The van der Waals surface area contributed by atoms with Crippen LogP contribution in [0.5, 0.6) is 0 Å². The van der Waals surface area contributed by atoms with Crippen LogP contribution >= 0.6 is 0 Å². The Kier molecular flexibility index (Phi) is 5.11. The molecule has 3 rings (SSSR count). The van der Waals surface area contributed by atoms with Gasteiger partial charge in [-0.3, -0.25) is 9.59 Å². The number of aryl methyl sites for hydroxylation is 1. The van der Waals surface area contributed by atoms with E-state index < -0.39 is 0 Å². The molecule has 0 aliphatic carbocycles. The molecule has 0 N–H and O–H groups in total. The predicted octanol–water partition coefficient (Wildman–Crippen LogP) is 2.93. The summed E-state index contributed by atoms with van der Waals surface area (Å²) in [6.45, 7) is 7.62. The minimum absolute atomic E-state index is 0.0389. The molecule has 0 spiro atoms. The molecule has 26 heavy (non-hydrogen) atoms. The zero-order valence-corrected chi connectivity index (χ0v) is 15.5. The number of halogens is 1. The Hall–Kier alpha value is -2.63. The number of nitrogens with zero attached hydrogens (tertiary/aromatic N) is 3. The fourth-order valence-corrected chi connectivity index (χ4v) is 3.59. The molecule has 2 aromatic rings. The van der Waals surface area contributed by atoms with Gasteiger partial charge >= 0.3 is 0 Å². The predicted molar refractivity (Wildman–Crippen MR) is 98.0 cm³/mol. The maximum atomic E-state index is 14.2. The quantitative estimate of drug-likeness (QED) is 0.830. The molecule has 1 aliphatic rings. The fraction of sp³-hybridized carbons (Fsp3) is 0.400. The SMILES string of the molecule is CC(=O)N1CCCN(C(=O)c2cc(C)n(-c3ccccc3F)c2C)CC1. The summed E-state index contributed by atoms with van der Waals surface area (Å²) in [5, 5.41) is 0. The summed E-state index contributed by atoms with van der Waals surface area (Å²) in [7, 11) is 0. The second-order valence-electron chi connectivity index (χ2n) is 6.72. The van der Waals surface area contributed by atoms with Crippen molar-refractivity contribution in [3.05, 3.63) is 53.1 Å². The van der Waals surface area contributed by atoms with E-state index in [0.29, 0.717) is 37.4 Å². The number of hydrogen-bond acceptors (Lipinski definition) is 2. The van der Waals surface area contributed by atoms with E-state index in [-0.39, 0.29) is 17.6 Å². The number of benzene rings is 1. The van der Waals surface area contributed by atoms with Crippen LogP contribution < -0.4 is 0 Å². The van der Waals surface area contributed by atoms with E-state index in [9.17, 15) is 14.0 Å². The molecule has 5 nitrogen and oxygen atoms in total. The van der Waals surface area contributed by atoms with Crippen LogP contribution in [0.25, 0.3) is 5.69 Å². The molecular weight excluding hydrogens is 333 g/mol. The van der Waals surface area contributed by atoms with Gasteiger partial charge < -0.3 is 14.4 Å². The van der Waals surface area contributed by atoms with Crippen LogP contribution in [0.15, 0.2) is 30.3 Å². The Labute approximate surface area is 153 Å². The van der Waals surface area contributed by atoms with Crippen LogP contribution in [0.1, 0.15) is 35.1 Å². The highest BCUT2D eigenvalue weighted by Gasteiger charge is 2.25. The topological polar surface area (TPSA) is 45.6 Å². The number of aromatic nitrogens is 1. The van der Waals surface area contributed by atoms with Gasteiger partial charge in [0.2, 0.25) is 5.91 Å². The Morgan fingerprint density at radius 2 is 1.65 bits per heavy atom. The van der Waals surface area contributed by atoms with Crippen molar-refractivity contribution in [1.29, 1.82) is 0 Å². The maximum Gasteiger partial charge on any atom is 0.255 e. The van der Waals surface area contributed by atoms with E-state index in [0.717, 1.165) is 17.8 Å². The highest BCUT2D eigenvalue weighted by molar-refractivity contribution is 5.96. The summed E-state index contributed by atoms with van der Waals surface area (Å²) < 4.78 is 16.0. The van der Waals surface area contributed by atoms with Gasteiger partial charge in [0, 0.05) is 44.5 Å². The van der Waals surface area contributed by atoms with Crippen molar-refractivity contribution < 1.29 is 14.0 Å². The Morgan fingerprint density at radius 3 is 2.35 bits per heavy atom. The van der Waals surface area contributed by atoms with Gasteiger partial charge in [0.25, 0.3) is 5.91 Å². The molecule has 1 fully saturated rings. The lowest BCUT2D eigenvalue weighted by Gasteiger charge is -2.21. The van der Waals surface area contributed by atoms with Gasteiger partial charge in [0.1, 0.15) is 5.82 Å². The molecule has 2 heterocycles. The molecule has 1 aromatic heterocycles. The van der Waals surface area contributed by atoms with E-state index in [1.165, 1.54) is 6.07 Å². The average Bonchev–Trinajstić information content (AvgIpc) is 2.79. The van der Waals surface area contributed by atoms with Gasteiger partial charge in [0.05, 0.1) is 11.3 Å². The van der Waals surface area contributed by atoms with Gasteiger partial charge in [-0.2, -0.15) is 0 Å². The van der Waals surface area contributed by atoms with Gasteiger partial charge in [-0.25, -0.2) is 4.39 Å². The summed E-state index contributed by atoms with van der Waals surface area (Å²) in [6.07, 6.45) is 0.761. The lowest BCUT2D eigenvalue weighted by atomic mass is 10.2. The fourth-order valence-electron chi connectivity index (χ4n) is 3.59. The highest BCUT2D eigenvalue weighted by Crippen LogP contribution is 2.24. The molecule has 0 unspecified atom stereocenters. The van der Waals surface area contributed by atoms with Gasteiger partial charge in [-0.05, 0) is 38.5 Å². The first-order valence-corrected chi connectivity index (χ1v) is 8.88. The van der Waals surface area contributed by atoms with Crippen molar-refractivity contribution in [3.8, 4) is 5.69 Å². The number of amides is 2. The van der Waals surface area contributed by atoms with E-state index in [2.05, 4.69) is 0 Å². The molecule has 2 amide bonds. The van der Waals surface area contributed by atoms with Crippen LogP contribution in [0.4, 0.5) is 4.39 Å². The lowest BCUT2D eigenvalue weighted by molar-refractivity contribution is -0.128. The normalized spacial score (nSPS) is 15.1. The molecule has 0 bridgehead atoms. The molecule has 0 atom stereocenters. The highest BCUT2D eigenvalue weighted by atomic mass is 19.1. The molecule has 1 saturated heterocycles. The molecule has 6 heteroatoms. The Morgan fingerprint density at radius 1 is 1.00 bits per heavy atom. The van der Waals surface area contributed by atoms with Gasteiger partial charge in [-0.1, -0.05) is 12.1 Å². The Bertz CT molecular complexity index is 844. The molecule has 0 saturated carbocycles. The molecule has 0 radical (unpaired) electrons. The average molecular weight is 357 g/mol. The number of para-hydroxylation sites is 1. The first-order valence-electron chi connectivity index (χ1n) is 8.88. The summed E-state index contributed by atoms with van der Waals surface area (Å²) in [4.78, 5) is 28.2. The van der Waals surface area contributed by atoms with Crippen LogP contribution in [-0.4, -0.2) is 52.4 Å². The number of carbonyl (C=O) groups is 2.